The Balaban J connectivity index is 4.76. The molecule has 0 unspecified atom stereocenters. The average molecular weight is 238 g/mol. The Morgan fingerprint density at radius 3 is 2.29 bits per heavy atom. The van der Waals surface area contributed by atoms with Crippen LogP contribution in [0.25, 0.3) is 0 Å². The Bertz CT molecular complexity index is 348. The van der Waals surface area contributed by atoms with Gasteiger partial charge in [-0.05, 0) is 32.8 Å². The maximum absolute atomic E-state index is 11.2. The first-order valence-electron chi connectivity index (χ1n) is 5.65. The summed E-state index contributed by atoms with van der Waals surface area (Å²) in [7, 11) is 1.37. The maximum Gasteiger partial charge on any atom is 0.333 e. The van der Waals surface area contributed by atoms with Crippen LogP contribution in [0.5, 0.6) is 0 Å². The van der Waals surface area contributed by atoms with Crippen LogP contribution in [0.2, 0.25) is 0 Å². The van der Waals surface area contributed by atoms with Gasteiger partial charge in [-0.2, -0.15) is 0 Å². The Hall–Kier alpha value is -1.35. The summed E-state index contributed by atoms with van der Waals surface area (Å²) >= 11 is 0. The lowest BCUT2D eigenvalue weighted by atomic mass is 10.1. The largest absolute Gasteiger partial charge is 0.466 e. The van der Waals surface area contributed by atoms with Crippen molar-refractivity contribution in [3.8, 4) is 0 Å². The van der Waals surface area contributed by atoms with Gasteiger partial charge in [0, 0.05) is 12.2 Å². The van der Waals surface area contributed by atoms with E-state index in [0.29, 0.717) is 5.57 Å². The first-order chi connectivity index (χ1) is 7.90. The summed E-state index contributed by atoms with van der Waals surface area (Å²) in [5.74, 6) is -0.173. The van der Waals surface area contributed by atoms with Crippen LogP contribution in [0.15, 0.2) is 34.9 Å². The van der Waals surface area contributed by atoms with Crippen molar-refractivity contribution in [1.82, 2.24) is 0 Å². The fourth-order valence-electron chi connectivity index (χ4n) is 1.51. The van der Waals surface area contributed by atoms with Crippen molar-refractivity contribution in [2.45, 2.75) is 27.7 Å². The molecule has 0 spiro atoms. The molecule has 0 radical (unpaired) electrons. The predicted octanol–water partition coefficient (Wildman–Crippen LogP) is 2.63. The van der Waals surface area contributed by atoms with Crippen LogP contribution in [0.3, 0.4) is 0 Å². The monoisotopic (exact) mass is 238 g/mol. The zero-order chi connectivity index (χ0) is 13.4. The van der Waals surface area contributed by atoms with Gasteiger partial charge in [0.1, 0.15) is 0 Å². The van der Waals surface area contributed by atoms with Crippen LogP contribution >= 0.6 is 0 Å². The zero-order valence-corrected chi connectivity index (χ0v) is 11.3. The molecule has 0 rings (SSSR count). The number of rotatable bonds is 5. The van der Waals surface area contributed by atoms with Gasteiger partial charge < -0.3 is 9.84 Å². The van der Waals surface area contributed by atoms with E-state index in [1.54, 1.807) is 13.0 Å². The van der Waals surface area contributed by atoms with Crippen molar-refractivity contribution in [2.24, 2.45) is 5.92 Å². The molecule has 0 aromatic rings. The van der Waals surface area contributed by atoms with Crippen LogP contribution in [0, 0.1) is 5.92 Å². The van der Waals surface area contributed by atoms with E-state index >= 15 is 0 Å². The summed E-state index contributed by atoms with van der Waals surface area (Å²) in [5.41, 5.74) is 2.62. The number of ether oxygens (including phenoxy) is 1. The molecule has 0 saturated carbocycles. The van der Waals surface area contributed by atoms with E-state index in [4.69, 9.17) is 5.11 Å². The number of carbonyl (C=O) groups excluding carboxylic acids is 1. The number of allylic oxidation sites excluding steroid dienone is 4. The van der Waals surface area contributed by atoms with E-state index in [-0.39, 0.29) is 18.5 Å². The Morgan fingerprint density at radius 1 is 1.24 bits per heavy atom. The Labute approximate surface area is 103 Å². The van der Waals surface area contributed by atoms with E-state index in [0.717, 1.165) is 11.1 Å². The minimum atomic E-state index is -0.317. The highest BCUT2D eigenvalue weighted by atomic mass is 16.5. The van der Waals surface area contributed by atoms with Gasteiger partial charge in [-0.1, -0.05) is 30.2 Å². The molecule has 0 aliphatic rings. The molecule has 96 valence electrons. The summed E-state index contributed by atoms with van der Waals surface area (Å²) in [6.45, 7) is 7.70. The molecule has 0 aromatic heterocycles. The highest BCUT2D eigenvalue weighted by Crippen LogP contribution is 2.09. The average Bonchev–Trinajstić information content (AvgIpc) is 2.26. The van der Waals surface area contributed by atoms with Gasteiger partial charge in [0.05, 0.1) is 7.11 Å². The van der Waals surface area contributed by atoms with E-state index in [1.165, 1.54) is 7.11 Å². The number of esters is 1. The normalized spacial score (nSPS) is 15.8. The van der Waals surface area contributed by atoms with E-state index in [9.17, 15) is 4.79 Å². The van der Waals surface area contributed by atoms with Crippen LogP contribution in [-0.2, 0) is 9.53 Å². The molecular formula is C14H22O3. The first-order valence-corrected chi connectivity index (χ1v) is 5.65. The number of hydrogen-bond donors (Lipinski definition) is 1. The SMILES string of the molecule is COC(=O)/C(C)=C/C(C)=C/C(C)=C/[C@@H](C)CO. The van der Waals surface area contributed by atoms with Crippen molar-refractivity contribution in [3.63, 3.8) is 0 Å². The number of aliphatic hydroxyl groups excluding tert-OH is 1. The second-order valence-electron chi connectivity index (χ2n) is 4.28. The Morgan fingerprint density at radius 2 is 1.82 bits per heavy atom. The predicted molar refractivity (Wildman–Crippen MR) is 69.5 cm³/mol. The number of aliphatic hydroxyl groups is 1. The fraction of sp³-hybridized carbons (Fsp3) is 0.500. The summed E-state index contributed by atoms with van der Waals surface area (Å²) in [6.07, 6.45) is 5.75. The lowest BCUT2D eigenvalue weighted by Crippen LogP contribution is -2.01. The second kappa shape index (κ2) is 7.85. The highest BCUT2D eigenvalue weighted by Gasteiger charge is 2.02. The quantitative estimate of drug-likeness (QED) is 0.455. The third kappa shape index (κ3) is 6.74. The van der Waals surface area contributed by atoms with Gasteiger partial charge in [-0.3, -0.25) is 0 Å². The Kier molecular flexibility index (Phi) is 7.22. The van der Waals surface area contributed by atoms with E-state index in [1.807, 2.05) is 32.9 Å². The lowest BCUT2D eigenvalue weighted by Gasteiger charge is -2.03. The minimum absolute atomic E-state index is 0.140. The molecule has 0 heterocycles. The molecule has 0 aromatic carbocycles. The smallest absolute Gasteiger partial charge is 0.333 e. The third-order valence-electron chi connectivity index (χ3n) is 2.24. The zero-order valence-electron chi connectivity index (χ0n) is 11.3. The van der Waals surface area contributed by atoms with Crippen molar-refractivity contribution >= 4 is 5.97 Å². The van der Waals surface area contributed by atoms with Crippen LogP contribution in [0.1, 0.15) is 27.7 Å². The minimum Gasteiger partial charge on any atom is -0.466 e. The van der Waals surface area contributed by atoms with Crippen LogP contribution in [-0.4, -0.2) is 24.8 Å². The molecule has 0 amide bonds. The van der Waals surface area contributed by atoms with Gasteiger partial charge in [0.25, 0.3) is 0 Å². The second-order valence-corrected chi connectivity index (χ2v) is 4.28. The molecule has 0 fully saturated rings. The van der Waals surface area contributed by atoms with Crippen molar-refractivity contribution in [1.29, 1.82) is 0 Å². The molecule has 3 nitrogen and oxygen atoms in total. The van der Waals surface area contributed by atoms with Crippen molar-refractivity contribution in [2.75, 3.05) is 13.7 Å². The molecule has 0 aliphatic heterocycles. The highest BCUT2D eigenvalue weighted by molar-refractivity contribution is 5.88. The topological polar surface area (TPSA) is 46.5 Å². The molecule has 0 aliphatic carbocycles. The van der Waals surface area contributed by atoms with Crippen LogP contribution < -0.4 is 0 Å². The summed E-state index contributed by atoms with van der Waals surface area (Å²) in [4.78, 5) is 11.2. The van der Waals surface area contributed by atoms with Gasteiger partial charge >= 0.3 is 5.97 Å². The molecule has 17 heavy (non-hydrogen) atoms. The summed E-state index contributed by atoms with van der Waals surface area (Å²) < 4.78 is 4.62. The van der Waals surface area contributed by atoms with Gasteiger partial charge in [-0.25, -0.2) is 4.79 Å². The molecule has 1 N–H and O–H groups in total. The fourth-order valence-corrected chi connectivity index (χ4v) is 1.51. The molecule has 3 heteroatoms. The van der Waals surface area contributed by atoms with Crippen LogP contribution in [0.4, 0.5) is 0 Å². The molecular weight excluding hydrogens is 216 g/mol. The number of methoxy groups -OCH3 is 1. The molecule has 1 atom stereocenters. The molecule has 0 saturated heterocycles. The van der Waals surface area contributed by atoms with Crippen molar-refractivity contribution in [3.05, 3.63) is 34.9 Å². The number of carbonyl (C=O) groups is 1. The van der Waals surface area contributed by atoms with E-state index < -0.39 is 0 Å². The first kappa shape index (κ1) is 15.7. The van der Waals surface area contributed by atoms with Gasteiger partial charge in [-0.15, -0.1) is 0 Å². The van der Waals surface area contributed by atoms with Gasteiger partial charge in [0.15, 0.2) is 0 Å². The maximum atomic E-state index is 11.2. The summed E-state index contributed by atoms with van der Waals surface area (Å²) in [6, 6.07) is 0. The van der Waals surface area contributed by atoms with Gasteiger partial charge in [0.2, 0.25) is 0 Å². The third-order valence-corrected chi connectivity index (χ3v) is 2.24. The number of hydrogen-bond acceptors (Lipinski definition) is 3. The molecule has 0 bridgehead atoms. The van der Waals surface area contributed by atoms with E-state index in [2.05, 4.69) is 4.74 Å². The summed E-state index contributed by atoms with van der Waals surface area (Å²) in [5, 5.41) is 8.93. The lowest BCUT2D eigenvalue weighted by molar-refractivity contribution is -0.136. The van der Waals surface area contributed by atoms with Crippen molar-refractivity contribution < 1.29 is 14.6 Å². The standard InChI is InChI=1S/C14H22O3/c1-10(7-12(3)9-15)6-11(2)8-13(4)14(16)17-5/h6-8,12,15H,9H2,1-5H3/b10-7+,11-6+,13-8+/t12-/m1/s1.